The first-order valence-corrected chi connectivity index (χ1v) is 6.98. The van der Waals surface area contributed by atoms with Gasteiger partial charge in [-0.05, 0) is 37.7 Å². The second kappa shape index (κ2) is 3.87. The summed E-state index contributed by atoms with van der Waals surface area (Å²) >= 11 is 0. The summed E-state index contributed by atoms with van der Waals surface area (Å²) in [6, 6.07) is 13.1. The lowest BCUT2D eigenvalue weighted by molar-refractivity contribution is 0.00754. The number of hydrogen-bond donors (Lipinski definition) is 1. The summed E-state index contributed by atoms with van der Waals surface area (Å²) in [5.41, 5.74) is 2.28. The number of aromatic nitrogens is 1. The Hall–Kier alpha value is -1.74. The van der Waals surface area contributed by atoms with Crippen molar-refractivity contribution < 1.29 is 4.74 Å². The molecule has 1 fully saturated rings. The van der Waals surface area contributed by atoms with Crippen molar-refractivity contribution in [2.45, 2.75) is 31.4 Å². The molecule has 1 aromatic carbocycles. The molecule has 98 valence electrons. The summed E-state index contributed by atoms with van der Waals surface area (Å²) in [5, 5.41) is 3.51. The molecule has 0 radical (unpaired) electrons. The van der Waals surface area contributed by atoms with Gasteiger partial charge in [-0.2, -0.15) is 0 Å². The highest BCUT2D eigenvalue weighted by Crippen LogP contribution is 2.44. The predicted molar refractivity (Wildman–Crippen MR) is 74.8 cm³/mol. The monoisotopic (exact) mass is 254 g/mol. The normalized spacial score (nSPS) is 28.6. The number of piperidine rings is 1. The molecule has 0 bridgehead atoms. The minimum Gasteiger partial charge on any atom is -0.479 e. The molecule has 1 saturated heterocycles. The van der Waals surface area contributed by atoms with Gasteiger partial charge in [-0.25, -0.2) is 0 Å². The molecule has 2 aliphatic rings. The van der Waals surface area contributed by atoms with Crippen LogP contribution < -0.4 is 10.1 Å². The summed E-state index contributed by atoms with van der Waals surface area (Å²) in [6.07, 6.45) is 4.19. The molecule has 2 unspecified atom stereocenters. The summed E-state index contributed by atoms with van der Waals surface area (Å²) in [7, 11) is 0. The van der Waals surface area contributed by atoms with Crippen molar-refractivity contribution in [2.75, 3.05) is 6.54 Å². The summed E-state index contributed by atoms with van der Waals surface area (Å²) in [6.45, 7) is 3.24. The summed E-state index contributed by atoms with van der Waals surface area (Å²) in [5.74, 6) is 1.00. The molecule has 1 N–H and O–H groups in total. The lowest BCUT2D eigenvalue weighted by atomic mass is 9.84. The van der Waals surface area contributed by atoms with Crippen LogP contribution in [-0.2, 0) is 5.60 Å². The van der Waals surface area contributed by atoms with E-state index in [0.717, 1.165) is 30.8 Å². The van der Waals surface area contributed by atoms with E-state index in [1.54, 1.807) is 0 Å². The maximum absolute atomic E-state index is 6.45. The van der Waals surface area contributed by atoms with Crippen LogP contribution in [0, 0.1) is 0 Å². The first-order chi connectivity index (χ1) is 9.28. The molecule has 2 aromatic rings. The zero-order chi connectivity index (χ0) is 12.9. The number of nitrogens with one attached hydrogen (secondary N) is 1. The van der Waals surface area contributed by atoms with Crippen LogP contribution in [0.15, 0.2) is 42.6 Å². The quantitative estimate of drug-likeness (QED) is 0.782. The van der Waals surface area contributed by atoms with Gasteiger partial charge in [0, 0.05) is 25.1 Å². The number of para-hydroxylation sites is 2. The van der Waals surface area contributed by atoms with E-state index in [9.17, 15) is 0 Å². The highest BCUT2D eigenvalue weighted by molar-refractivity contribution is 5.52. The maximum Gasteiger partial charge on any atom is 0.152 e. The molecule has 3 heterocycles. The zero-order valence-corrected chi connectivity index (χ0v) is 11.1. The third kappa shape index (κ3) is 1.55. The maximum atomic E-state index is 6.45. The first-order valence-electron chi connectivity index (χ1n) is 6.98. The van der Waals surface area contributed by atoms with Crippen LogP contribution in [0.5, 0.6) is 5.75 Å². The average Bonchev–Trinajstić information content (AvgIpc) is 2.89. The smallest absolute Gasteiger partial charge is 0.152 e. The van der Waals surface area contributed by atoms with Crippen LogP contribution >= 0.6 is 0 Å². The Morgan fingerprint density at radius 2 is 2.16 bits per heavy atom. The van der Waals surface area contributed by atoms with E-state index in [0.29, 0.717) is 6.04 Å². The van der Waals surface area contributed by atoms with E-state index >= 15 is 0 Å². The molecule has 19 heavy (non-hydrogen) atoms. The fraction of sp³-hybridized carbons (Fsp3) is 0.375. The van der Waals surface area contributed by atoms with E-state index in [2.05, 4.69) is 53.3 Å². The Kier molecular flexibility index (Phi) is 2.27. The molecule has 0 saturated carbocycles. The van der Waals surface area contributed by atoms with Gasteiger partial charge in [-0.1, -0.05) is 12.1 Å². The number of hydrogen-bond acceptors (Lipinski definition) is 2. The van der Waals surface area contributed by atoms with Gasteiger partial charge >= 0.3 is 0 Å². The fourth-order valence-electron chi connectivity index (χ4n) is 3.48. The van der Waals surface area contributed by atoms with Gasteiger partial charge in [0.1, 0.15) is 5.75 Å². The predicted octanol–water partition coefficient (Wildman–Crippen LogP) is 2.84. The van der Waals surface area contributed by atoms with E-state index in [4.69, 9.17) is 4.74 Å². The van der Waals surface area contributed by atoms with Crippen LogP contribution in [0.4, 0.5) is 0 Å². The summed E-state index contributed by atoms with van der Waals surface area (Å²) < 4.78 is 8.74. The Bertz CT molecular complexity index is 619. The lowest BCUT2D eigenvalue weighted by Crippen LogP contribution is -2.50. The number of fused-ring (bicyclic) bond motifs is 4. The molecule has 2 aliphatic heterocycles. The van der Waals surface area contributed by atoms with Crippen molar-refractivity contribution in [1.29, 1.82) is 0 Å². The third-order valence-electron chi connectivity index (χ3n) is 4.30. The Morgan fingerprint density at radius 3 is 3.05 bits per heavy atom. The topological polar surface area (TPSA) is 26.2 Å². The van der Waals surface area contributed by atoms with E-state index in [-0.39, 0.29) is 5.60 Å². The van der Waals surface area contributed by atoms with Crippen LogP contribution in [0.3, 0.4) is 0 Å². The highest BCUT2D eigenvalue weighted by atomic mass is 16.5. The lowest BCUT2D eigenvalue weighted by Gasteiger charge is -2.44. The number of ether oxygens (including phenoxy) is 1. The van der Waals surface area contributed by atoms with Crippen molar-refractivity contribution >= 4 is 0 Å². The molecule has 3 nitrogen and oxygen atoms in total. The van der Waals surface area contributed by atoms with Crippen molar-refractivity contribution in [3.8, 4) is 11.4 Å². The Labute approximate surface area is 113 Å². The largest absolute Gasteiger partial charge is 0.479 e. The van der Waals surface area contributed by atoms with E-state index in [1.165, 1.54) is 5.69 Å². The van der Waals surface area contributed by atoms with Crippen molar-refractivity contribution in [3.05, 3.63) is 48.3 Å². The van der Waals surface area contributed by atoms with E-state index < -0.39 is 0 Å². The van der Waals surface area contributed by atoms with Crippen molar-refractivity contribution in [2.24, 2.45) is 0 Å². The van der Waals surface area contributed by atoms with Gasteiger partial charge in [0.05, 0.1) is 11.4 Å². The van der Waals surface area contributed by atoms with Gasteiger partial charge < -0.3 is 14.6 Å². The molecule has 1 spiro atoms. The Morgan fingerprint density at radius 1 is 1.26 bits per heavy atom. The third-order valence-corrected chi connectivity index (χ3v) is 4.30. The van der Waals surface area contributed by atoms with Crippen molar-refractivity contribution in [1.82, 2.24) is 9.88 Å². The molecule has 2 atom stereocenters. The molecule has 1 aromatic heterocycles. The molecule has 3 heteroatoms. The van der Waals surface area contributed by atoms with Crippen LogP contribution in [0.25, 0.3) is 5.69 Å². The molecular formula is C16H18N2O. The fourth-order valence-corrected chi connectivity index (χ4v) is 3.48. The van der Waals surface area contributed by atoms with Crippen LogP contribution in [-0.4, -0.2) is 17.2 Å². The number of rotatable bonds is 0. The van der Waals surface area contributed by atoms with Gasteiger partial charge in [-0.15, -0.1) is 0 Å². The second-order valence-electron chi connectivity index (χ2n) is 5.64. The van der Waals surface area contributed by atoms with Crippen molar-refractivity contribution in [3.63, 3.8) is 0 Å². The van der Waals surface area contributed by atoms with Crippen LogP contribution in [0.1, 0.15) is 25.5 Å². The number of nitrogens with zero attached hydrogens (tertiary/aromatic N) is 1. The molecular weight excluding hydrogens is 236 g/mol. The van der Waals surface area contributed by atoms with Crippen LogP contribution in [0.2, 0.25) is 0 Å². The summed E-state index contributed by atoms with van der Waals surface area (Å²) in [4.78, 5) is 0. The van der Waals surface area contributed by atoms with Gasteiger partial charge in [0.2, 0.25) is 0 Å². The number of benzene rings is 1. The van der Waals surface area contributed by atoms with Gasteiger partial charge in [0.25, 0.3) is 0 Å². The second-order valence-corrected chi connectivity index (χ2v) is 5.64. The SMILES string of the molecule is CC1CC2(CCN1)Oc1ccccc1-n1cccc12. The van der Waals surface area contributed by atoms with Gasteiger partial charge in [0.15, 0.2) is 5.60 Å². The van der Waals surface area contributed by atoms with Gasteiger partial charge in [-0.3, -0.25) is 0 Å². The molecule has 4 rings (SSSR count). The zero-order valence-electron chi connectivity index (χ0n) is 11.1. The molecule has 0 aliphatic carbocycles. The molecule has 0 amide bonds. The van der Waals surface area contributed by atoms with E-state index in [1.807, 2.05) is 6.07 Å². The first kappa shape index (κ1) is 11.1. The highest BCUT2D eigenvalue weighted by Gasteiger charge is 2.43. The average molecular weight is 254 g/mol. The minimum atomic E-state index is -0.164. The minimum absolute atomic E-state index is 0.164. The Balaban J connectivity index is 1.89. The standard InChI is InChI=1S/C16H18N2O/c1-12-11-16(8-9-17-12)15-7-4-10-18(15)13-5-2-3-6-14(13)19-16/h2-7,10,12,17H,8-9,11H2,1H3.